The topological polar surface area (TPSA) is 38.3 Å². The number of rotatable bonds is 7. The second-order valence-corrected chi connectivity index (χ2v) is 6.58. The molecule has 0 aliphatic rings. The number of aryl methyl sites for hydroxylation is 1. The van der Waals surface area contributed by atoms with Gasteiger partial charge in [-0.2, -0.15) is 0 Å². The number of hydrogen-bond acceptors (Lipinski definition) is 2. The highest BCUT2D eigenvalue weighted by Gasteiger charge is 2.23. The summed E-state index contributed by atoms with van der Waals surface area (Å²) >= 11 is 0. The van der Waals surface area contributed by atoms with Gasteiger partial charge in [0.2, 0.25) is 5.91 Å². The zero-order valence-electron chi connectivity index (χ0n) is 15.8. The summed E-state index contributed by atoms with van der Waals surface area (Å²) in [4.78, 5) is 13.1. The minimum absolute atomic E-state index is 0.0250. The third-order valence-electron chi connectivity index (χ3n) is 4.81. The van der Waals surface area contributed by atoms with Crippen LogP contribution in [-0.2, 0) is 9.53 Å². The Labute approximate surface area is 161 Å². The van der Waals surface area contributed by atoms with E-state index in [1.165, 1.54) is 0 Å². The van der Waals surface area contributed by atoms with Gasteiger partial charge in [0.25, 0.3) is 0 Å². The van der Waals surface area contributed by atoms with E-state index in [2.05, 4.69) is 18.3 Å². The lowest BCUT2D eigenvalue weighted by Gasteiger charge is -2.22. The first kappa shape index (κ1) is 18.9. The smallest absolute Gasteiger partial charge is 0.232 e. The predicted octanol–water partition coefficient (Wildman–Crippen LogP) is 4.63. The number of methoxy groups -OCH3 is 1. The van der Waals surface area contributed by atoms with Crippen molar-refractivity contribution in [3.63, 3.8) is 0 Å². The quantitative estimate of drug-likeness (QED) is 0.668. The van der Waals surface area contributed by atoms with Crippen LogP contribution in [0.5, 0.6) is 0 Å². The molecule has 1 atom stereocenters. The van der Waals surface area contributed by atoms with Crippen molar-refractivity contribution in [3.05, 3.63) is 107 Å². The summed E-state index contributed by atoms with van der Waals surface area (Å²) in [5, 5.41) is 3.09. The molecule has 0 fully saturated rings. The van der Waals surface area contributed by atoms with E-state index < -0.39 is 0 Å². The van der Waals surface area contributed by atoms with E-state index in [1.807, 2.05) is 78.9 Å². The van der Waals surface area contributed by atoms with E-state index in [0.29, 0.717) is 6.54 Å². The molecule has 1 unspecified atom stereocenters. The van der Waals surface area contributed by atoms with Crippen molar-refractivity contribution in [3.8, 4) is 0 Å². The minimum Gasteiger partial charge on any atom is -0.375 e. The molecular weight excluding hydrogens is 334 g/mol. The van der Waals surface area contributed by atoms with Gasteiger partial charge in [0.15, 0.2) is 0 Å². The molecule has 27 heavy (non-hydrogen) atoms. The molecule has 3 nitrogen and oxygen atoms in total. The van der Waals surface area contributed by atoms with Crippen molar-refractivity contribution < 1.29 is 9.53 Å². The van der Waals surface area contributed by atoms with Crippen LogP contribution in [0.25, 0.3) is 0 Å². The van der Waals surface area contributed by atoms with Gasteiger partial charge < -0.3 is 10.1 Å². The van der Waals surface area contributed by atoms with Gasteiger partial charge in [0.05, 0.1) is 12.0 Å². The first-order valence-corrected chi connectivity index (χ1v) is 9.16. The molecule has 1 amide bonds. The van der Waals surface area contributed by atoms with E-state index in [0.717, 1.165) is 22.3 Å². The molecule has 0 bridgehead atoms. The zero-order valence-corrected chi connectivity index (χ0v) is 15.8. The van der Waals surface area contributed by atoms with Crippen LogP contribution in [0.3, 0.4) is 0 Å². The molecule has 3 aromatic rings. The lowest BCUT2D eigenvalue weighted by molar-refractivity contribution is -0.122. The maximum absolute atomic E-state index is 13.1. The summed E-state index contributed by atoms with van der Waals surface area (Å²) in [6.45, 7) is 2.48. The monoisotopic (exact) mass is 359 g/mol. The Morgan fingerprint density at radius 3 is 1.89 bits per heavy atom. The fourth-order valence-corrected chi connectivity index (χ4v) is 3.35. The van der Waals surface area contributed by atoms with Crippen LogP contribution in [0.1, 0.15) is 34.3 Å². The Morgan fingerprint density at radius 1 is 0.852 bits per heavy atom. The van der Waals surface area contributed by atoms with Crippen LogP contribution < -0.4 is 5.32 Å². The number of ether oxygens (including phenoxy) is 1. The molecule has 0 saturated carbocycles. The van der Waals surface area contributed by atoms with Crippen LogP contribution in [0.15, 0.2) is 84.9 Å². The van der Waals surface area contributed by atoms with Gasteiger partial charge >= 0.3 is 0 Å². The van der Waals surface area contributed by atoms with Gasteiger partial charge in [-0.25, -0.2) is 0 Å². The van der Waals surface area contributed by atoms with Crippen LogP contribution in [0.4, 0.5) is 0 Å². The maximum Gasteiger partial charge on any atom is 0.232 e. The highest BCUT2D eigenvalue weighted by molar-refractivity contribution is 5.87. The largest absolute Gasteiger partial charge is 0.375 e. The molecular formula is C24H25NO2. The Kier molecular flexibility index (Phi) is 6.39. The summed E-state index contributed by atoms with van der Waals surface area (Å²) in [6.07, 6.45) is -0.178. The molecule has 1 N–H and O–H groups in total. The number of benzene rings is 3. The van der Waals surface area contributed by atoms with Crippen LogP contribution in [0, 0.1) is 6.92 Å². The lowest BCUT2D eigenvalue weighted by Crippen LogP contribution is -2.34. The molecule has 3 aromatic carbocycles. The predicted molar refractivity (Wildman–Crippen MR) is 109 cm³/mol. The Morgan fingerprint density at radius 2 is 1.37 bits per heavy atom. The van der Waals surface area contributed by atoms with Crippen LogP contribution >= 0.6 is 0 Å². The summed E-state index contributed by atoms with van der Waals surface area (Å²) in [7, 11) is 1.68. The first-order chi connectivity index (χ1) is 13.2. The van der Waals surface area contributed by atoms with Gasteiger partial charge in [-0.3, -0.25) is 4.79 Å². The Hall–Kier alpha value is -2.91. The summed E-state index contributed by atoms with van der Waals surface area (Å²) in [6, 6.07) is 27.8. The van der Waals surface area contributed by atoms with E-state index >= 15 is 0 Å². The van der Waals surface area contributed by atoms with Gasteiger partial charge in [0.1, 0.15) is 0 Å². The molecule has 138 valence electrons. The average molecular weight is 359 g/mol. The molecule has 0 spiro atoms. The average Bonchev–Trinajstić information content (AvgIpc) is 2.71. The van der Waals surface area contributed by atoms with Gasteiger partial charge in [-0.05, 0) is 29.2 Å². The molecule has 3 rings (SSSR count). The molecule has 0 saturated heterocycles. The summed E-state index contributed by atoms with van der Waals surface area (Å²) < 4.78 is 5.64. The molecule has 0 aromatic heterocycles. The van der Waals surface area contributed by atoms with Crippen molar-refractivity contribution in [2.75, 3.05) is 13.7 Å². The van der Waals surface area contributed by atoms with Gasteiger partial charge in [-0.1, -0.05) is 84.9 Å². The van der Waals surface area contributed by atoms with Crippen molar-refractivity contribution in [2.24, 2.45) is 0 Å². The van der Waals surface area contributed by atoms with Crippen molar-refractivity contribution in [1.29, 1.82) is 0 Å². The number of nitrogens with one attached hydrogen (secondary N) is 1. The number of carbonyl (C=O) groups excluding carboxylic acids is 1. The maximum atomic E-state index is 13.1. The van der Waals surface area contributed by atoms with E-state index in [9.17, 15) is 4.79 Å². The van der Waals surface area contributed by atoms with Gasteiger partial charge in [-0.15, -0.1) is 0 Å². The second-order valence-electron chi connectivity index (χ2n) is 6.58. The number of hydrogen-bond donors (Lipinski definition) is 1. The Balaban J connectivity index is 1.80. The van der Waals surface area contributed by atoms with Crippen LogP contribution in [-0.4, -0.2) is 19.6 Å². The standard InChI is InChI=1S/C24H25NO2/c1-18-11-9-10-16-21(18)22(27-2)17-25-24(26)23(19-12-5-3-6-13-19)20-14-7-4-8-15-20/h3-16,22-23H,17H2,1-2H3,(H,25,26). The summed E-state index contributed by atoms with van der Waals surface area (Å²) in [5.41, 5.74) is 4.20. The fraction of sp³-hybridized carbons (Fsp3) is 0.208. The number of amides is 1. The van der Waals surface area contributed by atoms with Crippen molar-refractivity contribution >= 4 is 5.91 Å². The Bertz CT molecular complexity index is 822. The fourth-order valence-electron chi connectivity index (χ4n) is 3.35. The summed E-state index contributed by atoms with van der Waals surface area (Å²) in [5.74, 6) is -0.371. The molecule has 0 aliphatic carbocycles. The SMILES string of the molecule is COC(CNC(=O)C(c1ccccc1)c1ccccc1)c1ccccc1C. The minimum atomic E-state index is -0.346. The third kappa shape index (κ3) is 4.63. The number of carbonyl (C=O) groups is 1. The molecule has 0 heterocycles. The lowest BCUT2D eigenvalue weighted by atomic mass is 9.90. The van der Waals surface area contributed by atoms with E-state index in [1.54, 1.807) is 7.11 Å². The second kappa shape index (κ2) is 9.15. The van der Waals surface area contributed by atoms with E-state index in [4.69, 9.17) is 4.74 Å². The highest BCUT2D eigenvalue weighted by atomic mass is 16.5. The normalized spacial score (nSPS) is 12.0. The van der Waals surface area contributed by atoms with Crippen molar-refractivity contribution in [2.45, 2.75) is 18.9 Å². The third-order valence-corrected chi connectivity index (χ3v) is 4.81. The highest BCUT2D eigenvalue weighted by Crippen LogP contribution is 2.25. The van der Waals surface area contributed by atoms with Crippen LogP contribution in [0.2, 0.25) is 0 Å². The molecule has 0 aliphatic heterocycles. The zero-order chi connectivity index (χ0) is 19.1. The van der Waals surface area contributed by atoms with Crippen molar-refractivity contribution in [1.82, 2.24) is 5.32 Å². The molecule has 0 radical (unpaired) electrons. The first-order valence-electron chi connectivity index (χ1n) is 9.16. The van der Waals surface area contributed by atoms with E-state index in [-0.39, 0.29) is 17.9 Å². The molecule has 3 heteroatoms. The van der Waals surface area contributed by atoms with Gasteiger partial charge in [0, 0.05) is 13.7 Å².